The molecule has 1 aliphatic rings. The van der Waals surface area contributed by atoms with Crippen LogP contribution in [0.15, 0.2) is 29.1 Å². The summed E-state index contributed by atoms with van der Waals surface area (Å²) in [6, 6.07) is 9.75. The highest BCUT2D eigenvalue weighted by Gasteiger charge is 2.22. The Balaban J connectivity index is 1.65. The number of hydrogen-bond donors (Lipinski definition) is 3. The van der Waals surface area contributed by atoms with E-state index in [-0.39, 0.29) is 11.5 Å². The first kappa shape index (κ1) is 14.1. The number of fused-ring (bicyclic) bond motifs is 1. The van der Waals surface area contributed by atoms with E-state index in [1.165, 1.54) is 5.56 Å². The number of benzene rings is 1. The Morgan fingerprint density at radius 1 is 1.36 bits per heavy atom. The lowest BCUT2D eigenvalue weighted by atomic mass is 9.91. The molecule has 0 amide bonds. The summed E-state index contributed by atoms with van der Waals surface area (Å²) in [6.07, 6.45) is 2.61. The number of rotatable bonds is 3. The molecule has 1 aromatic heterocycles. The molecular weight excluding hydrogens is 278 g/mol. The van der Waals surface area contributed by atoms with Crippen molar-refractivity contribution in [1.82, 2.24) is 9.97 Å². The number of nitrogens with one attached hydrogen (secondary N) is 2. The summed E-state index contributed by atoms with van der Waals surface area (Å²) in [6.45, 7) is 0.791. The van der Waals surface area contributed by atoms with Crippen molar-refractivity contribution in [2.24, 2.45) is 5.92 Å². The van der Waals surface area contributed by atoms with Crippen molar-refractivity contribution in [3.05, 3.63) is 51.3 Å². The maximum Gasteiger partial charge on any atom is 0.257 e. The first-order chi connectivity index (χ1) is 10.7. The van der Waals surface area contributed by atoms with E-state index in [0.29, 0.717) is 29.3 Å². The van der Waals surface area contributed by atoms with Crippen molar-refractivity contribution in [3.63, 3.8) is 0 Å². The number of nitrogens with zero attached hydrogens (tertiary/aromatic N) is 2. The van der Waals surface area contributed by atoms with Crippen molar-refractivity contribution in [1.29, 1.82) is 5.26 Å². The average Bonchev–Trinajstić information content (AvgIpc) is 2.53. The lowest BCUT2D eigenvalue weighted by molar-refractivity contribution is 0.491. The molecule has 1 aromatic carbocycles. The Morgan fingerprint density at radius 3 is 2.86 bits per heavy atom. The quantitative estimate of drug-likeness (QED) is 0.794. The second-order valence-electron chi connectivity index (χ2n) is 5.58. The minimum Gasteiger partial charge on any atom is -0.369 e. The van der Waals surface area contributed by atoms with Gasteiger partial charge in [-0.15, -0.1) is 0 Å². The Morgan fingerprint density at radius 2 is 2.14 bits per heavy atom. The smallest absolute Gasteiger partial charge is 0.257 e. The van der Waals surface area contributed by atoms with E-state index in [9.17, 15) is 4.79 Å². The van der Waals surface area contributed by atoms with Crippen LogP contribution >= 0.6 is 0 Å². The summed E-state index contributed by atoms with van der Waals surface area (Å²) >= 11 is 0. The number of aromatic amines is 1. The molecule has 0 fully saturated rings. The fraction of sp³-hybridized carbons (Fsp3) is 0.312. The Bertz CT molecular complexity index is 773. The molecule has 0 spiro atoms. The van der Waals surface area contributed by atoms with Crippen LogP contribution in [-0.2, 0) is 12.8 Å². The number of anilines is 2. The largest absolute Gasteiger partial charge is 0.369 e. The summed E-state index contributed by atoms with van der Waals surface area (Å²) in [7, 11) is 0. The second kappa shape index (κ2) is 5.90. The number of hydrogen-bond acceptors (Lipinski definition) is 5. The van der Waals surface area contributed by atoms with Gasteiger partial charge in [0.25, 0.3) is 5.56 Å². The molecule has 4 N–H and O–H groups in total. The summed E-state index contributed by atoms with van der Waals surface area (Å²) < 4.78 is 0. The average molecular weight is 295 g/mol. The van der Waals surface area contributed by atoms with Crippen LogP contribution in [0, 0.1) is 17.2 Å². The van der Waals surface area contributed by atoms with E-state index in [1.807, 2.05) is 24.3 Å². The van der Waals surface area contributed by atoms with Gasteiger partial charge in [0.2, 0.25) is 5.95 Å². The van der Waals surface area contributed by atoms with Crippen LogP contribution in [0.2, 0.25) is 0 Å². The third-order valence-electron chi connectivity index (χ3n) is 4.01. The number of aryl methyl sites for hydroxylation is 1. The summed E-state index contributed by atoms with van der Waals surface area (Å²) in [4.78, 5) is 18.6. The first-order valence-electron chi connectivity index (χ1n) is 7.27. The molecule has 0 saturated carbocycles. The van der Waals surface area contributed by atoms with E-state index < -0.39 is 0 Å². The Hall–Kier alpha value is -2.81. The molecule has 1 aliphatic heterocycles. The fourth-order valence-corrected chi connectivity index (χ4v) is 2.77. The van der Waals surface area contributed by atoms with Crippen LogP contribution < -0.4 is 16.6 Å². The molecule has 112 valence electrons. The fourth-order valence-electron chi connectivity index (χ4n) is 2.77. The topological polar surface area (TPSA) is 108 Å². The van der Waals surface area contributed by atoms with E-state index in [0.717, 1.165) is 19.4 Å². The normalized spacial score (nSPS) is 16.4. The van der Waals surface area contributed by atoms with E-state index in [1.54, 1.807) is 0 Å². The molecule has 2 heterocycles. The van der Waals surface area contributed by atoms with Gasteiger partial charge in [-0.2, -0.15) is 10.2 Å². The molecule has 6 heteroatoms. The number of nitrogens with two attached hydrogens (primary N) is 1. The van der Waals surface area contributed by atoms with Crippen molar-refractivity contribution < 1.29 is 0 Å². The Kier molecular flexibility index (Phi) is 3.79. The summed E-state index contributed by atoms with van der Waals surface area (Å²) in [5, 5.41) is 12.0. The van der Waals surface area contributed by atoms with E-state index in [2.05, 4.69) is 21.4 Å². The highest BCUT2D eigenvalue weighted by atomic mass is 16.1. The molecule has 6 nitrogen and oxygen atoms in total. The van der Waals surface area contributed by atoms with Crippen LogP contribution in [0.3, 0.4) is 0 Å². The molecule has 0 bridgehead atoms. The molecule has 3 rings (SSSR count). The van der Waals surface area contributed by atoms with Crippen LogP contribution in [0.25, 0.3) is 0 Å². The predicted molar refractivity (Wildman–Crippen MR) is 84.4 cm³/mol. The molecule has 0 unspecified atom stereocenters. The zero-order valence-corrected chi connectivity index (χ0v) is 12.1. The maximum atomic E-state index is 11.9. The van der Waals surface area contributed by atoms with Gasteiger partial charge in [-0.1, -0.05) is 12.1 Å². The van der Waals surface area contributed by atoms with Crippen LogP contribution in [-0.4, -0.2) is 16.5 Å². The van der Waals surface area contributed by atoms with Gasteiger partial charge in [0.1, 0.15) is 5.82 Å². The summed E-state index contributed by atoms with van der Waals surface area (Å²) in [5.74, 6) is 1.14. The third kappa shape index (κ3) is 2.93. The van der Waals surface area contributed by atoms with Crippen molar-refractivity contribution >= 4 is 11.8 Å². The number of H-pyrrole nitrogens is 1. The molecule has 1 atom stereocenters. The van der Waals surface area contributed by atoms with Crippen LogP contribution in [0.4, 0.5) is 11.8 Å². The Labute approximate surface area is 128 Å². The van der Waals surface area contributed by atoms with Gasteiger partial charge < -0.3 is 11.1 Å². The highest BCUT2D eigenvalue weighted by molar-refractivity contribution is 5.48. The molecule has 2 aromatic rings. The SMILES string of the molecule is N#Cc1ccc(CC[C@@H]2CNc3nc(N)[nH]c(=O)c3C2)cc1. The number of nitrogen functional groups attached to an aromatic ring is 1. The van der Waals surface area contributed by atoms with Gasteiger partial charge >= 0.3 is 0 Å². The van der Waals surface area contributed by atoms with Gasteiger partial charge in [0, 0.05) is 6.54 Å². The summed E-state index contributed by atoms with van der Waals surface area (Å²) in [5.41, 5.74) is 7.95. The van der Waals surface area contributed by atoms with Gasteiger partial charge in [0.15, 0.2) is 0 Å². The maximum absolute atomic E-state index is 11.9. The highest BCUT2D eigenvalue weighted by Crippen LogP contribution is 2.23. The van der Waals surface area contributed by atoms with Gasteiger partial charge in [0.05, 0.1) is 17.2 Å². The van der Waals surface area contributed by atoms with Crippen molar-refractivity contribution in [2.75, 3.05) is 17.6 Å². The molecule has 0 radical (unpaired) electrons. The second-order valence-corrected chi connectivity index (χ2v) is 5.58. The predicted octanol–water partition coefficient (Wildman–Crippen LogP) is 1.44. The van der Waals surface area contributed by atoms with E-state index in [4.69, 9.17) is 11.0 Å². The van der Waals surface area contributed by atoms with Crippen LogP contribution in [0.1, 0.15) is 23.1 Å². The zero-order chi connectivity index (χ0) is 15.5. The minimum atomic E-state index is -0.155. The lowest BCUT2D eigenvalue weighted by Gasteiger charge is -2.24. The lowest BCUT2D eigenvalue weighted by Crippen LogP contribution is -2.30. The molecule has 22 heavy (non-hydrogen) atoms. The van der Waals surface area contributed by atoms with Gasteiger partial charge in [-0.3, -0.25) is 9.78 Å². The minimum absolute atomic E-state index is 0.146. The van der Waals surface area contributed by atoms with Gasteiger partial charge in [-0.05, 0) is 42.9 Å². The number of aromatic nitrogens is 2. The zero-order valence-electron chi connectivity index (χ0n) is 12.1. The molecular formula is C16H17N5O. The van der Waals surface area contributed by atoms with Crippen molar-refractivity contribution in [3.8, 4) is 6.07 Å². The first-order valence-corrected chi connectivity index (χ1v) is 7.27. The van der Waals surface area contributed by atoms with E-state index >= 15 is 0 Å². The van der Waals surface area contributed by atoms with Crippen LogP contribution in [0.5, 0.6) is 0 Å². The number of nitriles is 1. The third-order valence-corrected chi connectivity index (χ3v) is 4.01. The molecule has 0 saturated heterocycles. The standard InChI is InChI=1S/C16H17N5O/c17-8-11-4-1-10(2-5-11)3-6-12-7-13-14(19-9-12)20-16(18)21-15(13)22/h1-2,4-5,12H,3,6-7,9H2,(H4,18,19,20,21,22)/t12-/m0/s1. The van der Waals surface area contributed by atoms with Crippen molar-refractivity contribution in [2.45, 2.75) is 19.3 Å². The molecule has 0 aliphatic carbocycles. The monoisotopic (exact) mass is 295 g/mol. The van der Waals surface area contributed by atoms with Gasteiger partial charge in [-0.25, -0.2) is 0 Å².